The number of methoxy groups -OCH3 is 1. The summed E-state index contributed by atoms with van der Waals surface area (Å²) in [6.45, 7) is 6.22. The lowest BCUT2D eigenvalue weighted by Gasteiger charge is -2.24. The Morgan fingerprint density at radius 3 is 2.67 bits per heavy atom. The van der Waals surface area contributed by atoms with Gasteiger partial charge in [0.25, 0.3) is 0 Å². The summed E-state index contributed by atoms with van der Waals surface area (Å²) in [5, 5.41) is 5.67. The van der Waals surface area contributed by atoms with E-state index in [-0.39, 0.29) is 5.41 Å². The topological polar surface area (TPSA) is 21.3 Å². The van der Waals surface area contributed by atoms with E-state index in [1.807, 2.05) is 17.4 Å². The van der Waals surface area contributed by atoms with Gasteiger partial charge in [0.1, 0.15) is 5.75 Å². The van der Waals surface area contributed by atoms with E-state index < -0.39 is 0 Å². The third-order valence-corrected chi connectivity index (χ3v) is 5.64. The van der Waals surface area contributed by atoms with E-state index >= 15 is 0 Å². The van der Waals surface area contributed by atoms with E-state index in [0.717, 1.165) is 33.3 Å². The standard InChI is InChI=1S/C16H19Br2NOS/c1-16(2,14-5-4-6-21-14)10-19-9-11-7-12(17)8-13(18)15(11)20-3/h4-8,19H,9-10H2,1-3H3. The molecule has 0 amide bonds. The molecule has 1 aromatic carbocycles. The largest absolute Gasteiger partial charge is 0.495 e. The Morgan fingerprint density at radius 1 is 1.29 bits per heavy atom. The van der Waals surface area contributed by atoms with Crippen LogP contribution < -0.4 is 10.1 Å². The van der Waals surface area contributed by atoms with E-state index in [9.17, 15) is 0 Å². The van der Waals surface area contributed by atoms with Gasteiger partial charge in [-0.2, -0.15) is 0 Å². The fourth-order valence-electron chi connectivity index (χ4n) is 2.23. The number of ether oxygens (including phenoxy) is 1. The Hall–Kier alpha value is -0.360. The second-order valence-electron chi connectivity index (χ2n) is 5.54. The van der Waals surface area contributed by atoms with Gasteiger partial charge >= 0.3 is 0 Å². The minimum absolute atomic E-state index is 0.130. The molecule has 2 rings (SSSR count). The molecule has 0 fully saturated rings. The number of hydrogen-bond acceptors (Lipinski definition) is 3. The summed E-state index contributed by atoms with van der Waals surface area (Å²) in [7, 11) is 1.70. The van der Waals surface area contributed by atoms with E-state index in [1.165, 1.54) is 4.88 Å². The van der Waals surface area contributed by atoms with Gasteiger partial charge in [0, 0.05) is 33.4 Å². The zero-order chi connectivity index (χ0) is 15.5. The minimum atomic E-state index is 0.130. The lowest BCUT2D eigenvalue weighted by atomic mass is 9.91. The van der Waals surface area contributed by atoms with Crippen LogP contribution in [0.5, 0.6) is 5.75 Å². The summed E-state index contributed by atoms with van der Waals surface area (Å²) < 4.78 is 7.49. The highest BCUT2D eigenvalue weighted by atomic mass is 79.9. The number of nitrogens with one attached hydrogen (secondary N) is 1. The van der Waals surface area contributed by atoms with E-state index in [2.05, 4.69) is 74.6 Å². The van der Waals surface area contributed by atoms with Crippen LogP contribution in [-0.2, 0) is 12.0 Å². The molecule has 0 saturated heterocycles. The molecular weight excluding hydrogens is 414 g/mol. The maximum atomic E-state index is 5.48. The lowest BCUT2D eigenvalue weighted by molar-refractivity contribution is 0.402. The van der Waals surface area contributed by atoms with Crippen LogP contribution in [0.15, 0.2) is 38.6 Å². The Morgan fingerprint density at radius 2 is 2.05 bits per heavy atom. The van der Waals surface area contributed by atoms with Gasteiger partial charge in [-0.15, -0.1) is 11.3 Å². The number of benzene rings is 1. The van der Waals surface area contributed by atoms with Crippen molar-refractivity contribution in [3.8, 4) is 5.75 Å². The SMILES string of the molecule is COc1c(Br)cc(Br)cc1CNCC(C)(C)c1cccs1. The van der Waals surface area contributed by atoms with Crippen LogP contribution in [0.25, 0.3) is 0 Å². The van der Waals surface area contributed by atoms with Crippen LogP contribution in [0.3, 0.4) is 0 Å². The summed E-state index contributed by atoms with van der Waals surface area (Å²) in [4.78, 5) is 1.40. The molecule has 114 valence electrons. The fraction of sp³-hybridized carbons (Fsp3) is 0.375. The van der Waals surface area contributed by atoms with Crippen molar-refractivity contribution in [3.63, 3.8) is 0 Å². The smallest absolute Gasteiger partial charge is 0.137 e. The first-order chi connectivity index (χ1) is 9.94. The average Bonchev–Trinajstić information content (AvgIpc) is 2.92. The molecule has 0 spiro atoms. The Balaban J connectivity index is 2.04. The number of rotatable bonds is 6. The number of halogens is 2. The molecule has 0 aliphatic heterocycles. The summed E-state index contributed by atoms with van der Waals surface area (Å²) in [6.07, 6.45) is 0. The van der Waals surface area contributed by atoms with Gasteiger partial charge in [0.15, 0.2) is 0 Å². The quantitative estimate of drug-likeness (QED) is 0.664. The summed E-state index contributed by atoms with van der Waals surface area (Å²) in [5.41, 5.74) is 1.27. The summed E-state index contributed by atoms with van der Waals surface area (Å²) in [5.74, 6) is 0.889. The summed E-state index contributed by atoms with van der Waals surface area (Å²) >= 11 is 8.88. The molecule has 21 heavy (non-hydrogen) atoms. The molecule has 0 radical (unpaired) electrons. The lowest BCUT2D eigenvalue weighted by Crippen LogP contribution is -2.32. The highest BCUT2D eigenvalue weighted by molar-refractivity contribution is 9.11. The van der Waals surface area contributed by atoms with Crippen molar-refractivity contribution in [2.45, 2.75) is 25.8 Å². The van der Waals surface area contributed by atoms with Gasteiger partial charge in [-0.1, -0.05) is 35.8 Å². The molecule has 0 aliphatic rings. The highest BCUT2D eigenvalue weighted by Crippen LogP contribution is 2.33. The second-order valence-corrected chi connectivity index (χ2v) is 8.26. The van der Waals surface area contributed by atoms with Crippen molar-refractivity contribution in [2.75, 3.05) is 13.7 Å². The van der Waals surface area contributed by atoms with Crippen LogP contribution in [0.4, 0.5) is 0 Å². The molecule has 2 nitrogen and oxygen atoms in total. The first-order valence-electron chi connectivity index (χ1n) is 6.70. The van der Waals surface area contributed by atoms with Crippen molar-refractivity contribution in [3.05, 3.63) is 49.0 Å². The molecule has 0 unspecified atom stereocenters. The van der Waals surface area contributed by atoms with Gasteiger partial charge in [-0.3, -0.25) is 0 Å². The van der Waals surface area contributed by atoms with Gasteiger partial charge < -0.3 is 10.1 Å². The van der Waals surface area contributed by atoms with Crippen LogP contribution in [0, 0.1) is 0 Å². The molecule has 1 aromatic heterocycles. The van der Waals surface area contributed by atoms with Crippen molar-refractivity contribution < 1.29 is 4.74 Å². The third kappa shape index (κ3) is 4.31. The number of thiophene rings is 1. The first kappa shape index (κ1) is 17.0. The van der Waals surface area contributed by atoms with Crippen molar-refractivity contribution in [1.82, 2.24) is 5.32 Å². The van der Waals surface area contributed by atoms with Gasteiger partial charge in [-0.05, 0) is 39.5 Å². The predicted molar refractivity (Wildman–Crippen MR) is 97.4 cm³/mol. The molecule has 0 saturated carbocycles. The van der Waals surface area contributed by atoms with E-state index in [1.54, 1.807) is 7.11 Å². The Bertz CT molecular complexity index is 597. The van der Waals surface area contributed by atoms with E-state index in [4.69, 9.17) is 4.74 Å². The summed E-state index contributed by atoms with van der Waals surface area (Å²) in [6, 6.07) is 8.39. The fourth-order valence-corrected chi connectivity index (χ4v) is 4.56. The van der Waals surface area contributed by atoms with Crippen LogP contribution in [0.2, 0.25) is 0 Å². The molecule has 0 atom stereocenters. The van der Waals surface area contributed by atoms with Gasteiger partial charge in [0.2, 0.25) is 0 Å². The van der Waals surface area contributed by atoms with Crippen LogP contribution >= 0.6 is 43.2 Å². The Labute approximate surface area is 147 Å². The Kier molecular flexibility index (Phi) is 5.88. The van der Waals surface area contributed by atoms with Crippen molar-refractivity contribution >= 4 is 43.2 Å². The third-order valence-electron chi connectivity index (χ3n) is 3.36. The second kappa shape index (κ2) is 7.27. The molecule has 2 aromatic rings. The number of hydrogen-bond donors (Lipinski definition) is 1. The van der Waals surface area contributed by atoms with E-state index in [0.29, 0.717) is 0 Å². The predicted octanol–water partition coefficient (Wildman–Crippen LogP) is 5.35. The van der Waals surface area contributed by atoms with Crippen LogP contribution in [-0.4, -0.2) is 13.7 Å². The monoisotopic (exact) mass is 431 g/mol. The zero-order valence-corrected chi connectivity index (χ0v) is 16.4. The molecule has 0 bridgehead atoms. The minimum Gasteiger partial charge on any atom is -0.495 e. The molecular formula is C16H19Br2NOS. The van der Waals surface area contributed by atoms with Crippen LogP contribution in [0.1, 0.15) is 24.3 Å². The maximum Gasteiger partial charge on any atom is 0.137 e. The zero-order valence-electron chi connectivity index (χ0n) is 12.4. The molecule has 5 heteroatoms. The molecule has 1 N–H and O–H groups in total. The normalized spacial score (nSPS) is 11.7. The highest BCUT2D eigenvalue weighted by Gasteiger charge is 2.21. The molecule has 1 heterocycles. The maximum absolute atomic E-state index is 5.48. The van der Waals surface area contributed by atoms with Gasteiger partial charge in [-0.25, -0.2) is 0 Å². The first-order valence-corrected chi connectivity index (χ1v) is 9.17. The molecule has 0 aliphatic carbocycles. The van der Waals surface area contributed by atoms with Crippen molar-refractivity contribution in [2.24, 2.45) is 0 Å². The average molecular weight is 433 g/mol. The van der Waals surface area contributed by atoms with Gasteiger partial charge in [0.05, 0.1) is 11.6 Å². The van der Waals surface area contributed by atoms with Crippen molar-refractivity contribution in [1.29, 1.82) is 0 Å².